The van der Waals surface area contributed by atoms with Gasteiger partial charge in [0, 0.05) is 11.8 Å². The first-order valence-electron chi connectivity index (χ1n) is 10.5. The van der Waals surface area contributed by atoms with E-state index >= 15 is 0 Å². The Kier molecular flexibility index (Phi) is 6.93. The van der Waals surface area contributed by atoms with E-state index in [1.54, 1.807) is 18.2 Å². The van der Waals surface area contributed by atoms with Gasteiger partial charge in [0.2, 0.25) is 0 Å². The Bertz CT molecular complexity index is 1360. The quantitative estimate of drug-likeness (QED) is 0.245. The van der Waals surface area contributed by atoms with Crippen LogP contribution in [0.2, 0.25) is 0 Å². The first-order valence-corrected chi connectivity index (χ1v) is 10.5. The van der Waals surface area contributed by atoms with Crippen molar-refractivity contribution in [2.45, 2.75) is 0 Å². The highest BCUT2D eigenvalue weighted by Gasteiger charge is 2.18. The van der Waals surface area contributed by atoms with Crippen LogP contribution in [0.5, 0.6) is 23.0 Å². The Labute approximate surface area is 200 Å². The highest BCUT2D eigenvalue weighted by molar-refractivity contribution is 6.09. The van der Waals surface area contributed by atoms with Crippen LogP contribution in [0, 0.1) is 17.1 Å². The van der Waals surface area contributed by atoms with Crippen LogP contribution in [0.4, 0.5) is 10.1 Å². The van der Waals surface area contributed by atoms with E-state index in [1.807, 2.05) is 6.07 Å². The van der Waals surface area contributed by atoms with Gasteiger partial charge in [-0.15, -0.1) is 0 Å². The molecule has 8 nitrogen and oxygen atoms in total. The summed E-state index contributed by atoms with van der Waals surface area (Å²) in [5.41, 5.74) is 0.494. The van der Waals surface area contributed by atoms with Gasteiger partial charge in [0.15, 0.2) is 23.0 Å². The van der Waals surface area contributed by atoms with Crippen LogP contribution >= 0.6 is 0 Å². The number of rotatable bonds is 6. The van der Waals surface area contributed by atoms with E-state index in [2.05, 4.69) is 5.32 Å². The predicted octanol–water partition coefficient (Wildman–Crippen LogP) is 4.37. The third-order valence-electron chi connectivity index (χ3n) is 4.96. The number of carbonyl (C=O) groups excluding carboxylic acids is 2. The van der Waals surface area contributed by atoms with Crippen LogP contribution in [0.1, 0.15) is 15.9 Å². The lowest BCUT2D eigenvalue weighted by molar-refractivity contribution is -0.112. The van der Waals surface area contributed by atoms with Gasteiger partial charge in [-0.25, -0.2) is 9.18 Å². The summed E-state index contributed by atoms with van der Waals surface area (Å²) >= 11 is 0. The molecule has 3 aromatic carbocycles. The van der Waals surface area contributed by atoms with E-state index in [0.29, 0.717) is 36.0 Å². The maximum Gasteiger partial charge on any atom is 0.346 e. The number of amides is 1. The molecule has 0 aromatic heterocycles. The number of nitriles is 1. The Morgan fingerprint density at radius 1 is 1.03 bits per heavy atom. The number of nitrogens with zero attached hydrogens (tertiary/aromatic N) is 1. The third kappa shape index (κ3) is 5.39. The number of nitrogens with one attached hydrogen (secondary N) is 1. The number of hydrogen-bond donors (Lipinski definition) is 1. The van der Waals surface area contributed by atoms with Crippen molar-refractivity contribution < 1.29 is 32.9 Å². The fraction of sp³-hybridized carbons (Fsp3) is 0.115. The number of carbonyl (C=O) groups is 2. The second kappa shape index (κ2) is 10.4. The second-order valence-electron chi connectivity index (χ2n) is 7.26. The number of benzene rings is 3. The molecule has 0 saturated carbocycles. The molecular formula is C26H19FN2O6. The largest absolute Gasteiger partial charge is 0.493 e. The van der Waals surface area contributed by atoms with E-state index < -0.39 is 17.7 Å². The van der Waals surface area contributed by atoms with Crippen LogP contribution in [0.15, 0.2) is 66.2 Å². The summed E-state index contributed by atoms with van der Waals surface area (Å²) in [6.07, 6.45) is 1.36. The molecule has 1 aliphatic rings. The zero-order chi connectivity index (χ0) is 24.8. The first-order chi connectivity index (χ1) is 17.0. The van der Waals surface area contributed by atoms with Crippen LogP contribution in [0.3, 0.4) is 0 Å². The summed E-state index contributed by atoms with van der Waals surface area (Å²) in [5.74, 6) is -0.932. The molecule has 0 aliphatic carbocycles. The third-order valence-corrected chi connectivity index (χ3v) is 4.96. The summed E-state index contributed by atoms with van der Waals surface area (Å²) in [6.45, 7) is 0.853. The number of ether oxygens (including phenoxy) is 4. The summed E-state index contributed by atoms with van der Waals surface area (Å²) in [6, 6.07) is 16.7. The smallest absolute Gasteiger partial charge is 0.346 e. The van der Waals surface area contributed by atoms with Crippen LogP contribution in [-0.4, -0.2) is 32.2 Å². The van der Waals surface area contributed by atoms with Crippen LogP contribution in [0.25, 0.3) is 6.08 Å². The molecule has 1 aliphatic heterocycles. The van der Waals surface area contributed by atoms with Gasteiger partial charge in [0.25, 0.3) is 5.91 Å². The minimum atomic E-state index is -0.888. The van der Waals surface area contributed by atoms with Gasteiger partial charge in [0.1, 0.15) is 30.7 Å². The fourth-order valence-corrected chi connectivity index (χ4v) is 3.27. The van der Waals surface area contributed by atoms with Crippen molar-refractivity contribution in [2.24, 2.45) is 0 Å². The molecule has 1 amide bonds. The van der Waals surface area contributed by atoms with E-state index in [0.717, 1.165) is 6.07 Å². The molecule has 0 saturated heterocycles. The number of methoxy groups -OCH3 is 1. The number of esters is 1. The van der Waals surface area contributed by atoms with E-state index in [1.165, 1.54) is 49.6 Å². The molecule has 0 spiro atoms. The van der Waals surface area contributed by atoms with Gasteiger partial charge in [-0.1, -0.05) is 18.2 Å². The van der Waals surface area contributed by atoms with E-state index in [9.17, 15) is 19.2 Å². The van der Waals surface area contributed by atoms with E-state index in [4.69, 9.17) is 18.9 Å². The number of anilines is 1. The highest BCUT2D eigenvalue weighted by Crippen LogP contribution is 2.33. The molecule has 9 heteroatoms. The monoisotopic (exact) mass is 474 g/mol. The van der Waals surface area contributed by atoms with Gasteiger partial charge >= 0.3 is 5.97 Å². The second-order valence-corrected chi connectivity index (χ2v) is 7.26. The van der Waals surface area contributed by atoms with E-state index in [-0.39, 0.29) is 22.6 Å². The van der Waals surface area contributed by atoms with Crippen molar-refractivity contribution in [2.75, 3.05) is 25.6 Å². The molecule has 176 valence electrons. The molecule has 0 radical (unpaired) electrons. The maximum absolute atomic E-state index is 13.9. The normalized spacial score (nSPS) is 12.3. The Balaban J connectivity index is 1.51. The van der Waals surface area contributed by atoms with Crippen molar-refractivity contribution in [3.05, 3.63) is 83.2 Å². The maximum atomic E-state index is 13.9. The molecule has 0 bridgehead atoms. The average molecular weight is 474 g/mol. The summed E-state index contributed by atoms with van der Waals surface area (Å²) in [4.78, 5) is 25.0. The standard InChI is InChI=1S/C26H19FN2O6/c1-32-23-13-16(6-8-22(23)35-26(31)19-4-2-3-5-20(19)27)12-17(15-28)25(30)29-18-7-9-21-24(14-18)34-11-10-33-21/h2-9,12-14H,10-11H2,1H3,(H,29,30)/b17-12+. The fourth-order valence-electron chi connectivity index (χ4n) is 3.27. The Morgan fingerprint density at radius 3 is 2.54 bits per heavy atom. The molecule has 0 unspecified atom stereocenters. The van der Waals surface area contributed by atoms with Gasteiger partial charge in [-0.05, 0) is 48.0 Å². The number of halogens is 1. The van der Waals surface area contributed by atoms with Crippen molar-refractivity contribution in [3.63, 3.8) is 0 Å². The van der Waals surface area contributed by atoms with Gasteiger partial charge in [-0.3, -0.25) is 4.79 Å². The van der Waals surface area contributed by atoms with Gasteiger partial charge in [0.05, 0.1) is 12.7 Å². The zero-order valence-corrected chi connectivity index (χ0v) is 18.5. The summed E-state index contributed by atoms with van der Waals surface area (Å²) < 4.78 is 35.4. The lowest BCUT2D eigenvalue weighted by atomic mass is 10.1. The van der Waals surface area contributed by atoms with Crippen molar-refractivity contribution in [1.82, 2.24) is 0 Å². The van der Waals surface area contributed by atoms with Crippen molar-refractivity contribution >= 4 is 23.6 Å². The SMILES string of the molecule is COc1cc(/C=C(\C#N)C(=O)Nc2ccc3c(c2)OCCO3)ccc1OC(=O)c1ccccc1F. The average Bonchev–Trinajstić information content (AvgIpc) is 2.88. The molecule has 4 rings (SSSR count). The molecule has 35 heavy (non-hydrogen) atoms. The molecule has 1 heterocycles. The number of fused-ring (bicyclic) bond motifs is 1. The summed E-state index contributed by atoms with van der Waals surface area (Å²) in [5, 5.41) is 12.2. The van der Waals surface area contributed by atoms with Crippen LogP contribution < -0.4 is 24.3 Å². The Morgan fingerprint density at radius 2 is 1.80 bits per heavy atom. The predicted molar refractivity (Wildman–Crippen MR) is 124 cm³/mol. The lowest BCUT2D eigenvalue weighted by Crippen LogP contribution is -2.17. The molecule has 0 atom stereocenters. The van der Waals surface area contributed by atoms with Crippen molar-refractivity contribution in [1.29, 1.82) is 5.26 Å². The summed E-state index contributed by atoms with van der Waals surface area (Å²) in [7, 11) is 1.36. The first kappa shape index (κ1) is 23.3. The van der Waals surface area contributed by atoms with Crippen LogP contribution in [-0.2, 0) is 4.79 Å². The molecule has 3 aromatic rings. The highest BCUT2D eigenvalue weighted by atomic mass is 19.1. The number of hydrogen-bond acceptors (Lipinski definition) is 7. The van der Waals surface area contributed by atoms with Gasteiger partial charge < -0.3 is 24.3 Å². The molecule has 1 N–H and O–H groups in total. The minimum absolute atomic E-state index is 0.0529. The minimum Gasteiger partial charge on any atom is -0.493 e. The zero-order valence-electron chi connectivity index (χ0n) is 18.5. The molecular weight excluding hydrogens is 455 g/mol. The lowest BCUT2D eigenvalue weighted by Gasteiger charge is -2.18. The van der Waals surface area contributed by atoms with Gasteiger partial charge in [-0.2, -0.15) is 5.26 Å². The Hall–Kier alpha value is -4.84. The molecule has 0 fully saturated rings. The van der Waals surface area contributed by atoms with Crippen molar-refractivity contribution in [3.8, 4) is 29.1 Å². The topological polar surface area (TPSA) is 107 Å².